The fourth-order valence-corrected chi connectivity index (χ4v) is 10.9. The van der Waals surface area contributed by atoms with Crippen LogP contribution in [0.1, 0.15) is 111 Å². The van der Waals surface area contributed by atoms with Crippen molar-refractivity contribution in [1.82, 2.24) is 0 Å². The molecule has 2 saturated heterocycles. The second-order valence-electron chi connectivity index (χ2n) is 13.9. The van der Waals surface area contributed by atoms with Gasteiger partial charge in [-0.15, -0.1) is 0 Å². The Labute approximate surface area is 225 Å². The van der Waals surface area contributed by atoms with Crippen LogP contribution in [0.3, 0.4) is 0 Å². The Hall–Kier alpha value is -1.72. The minimum absolute atomic E-state index is 0.279. The molecular weight excluding hydrogens is 472 g/mol. The Morgan fingerprint density at radius 1 is 0.553 bits per heavy atom. The zero-order chi connectivity index (χ0) is 25.2. The van der Waals surface area contributed by atoms with E-state index in [1.54, 1.807) is 0 Å². The maximum atomic E-state index is 11.2. The summed E-state index contributed by atoms with van der Waals surface area (Å²) < 4.78 is 12.0. The summed E-state index contributed by atoms with van der Waals surface area (Å²) in [5.41, 5.74) is 4.85. The summed E-state index contributed by atoms with van der Waals surface area (Å²) in [7, 11) is 0. The first kappa shape index (κ1) is 23.0. The fraction of sp³-hybridized carbons (Fsp3) is 0.647. The van der Waals surface area contributed by atoms with Gasteiger partial charge in [-0.3, -0.25) is 0 Å². The maximum Gasteiger partial charge on any atom is 0.110 e. The van der Waals surface area contributed by atoms with Crippen LogP contribution in [0.25, 0.3) is 0 Å². The molecule has 6 fully saturated rings. The largest absolute Gasteiger partial charge is 0.389 e. The van der Waals surface area contributed by atoms with Crippen LogP contribution in [0.4, 0.5) is 0 Å². The van der Waals surface area contributed by atoms with Crippen LogP contribution in [0, 0.1) is 23.7 Å². The highest BCUT2D eigenvalue weighted by Gasteiger charge is 2.66. The molecule has 200 valence electrons. The molecule has 2 N–H and O–H groups in total. The van der Waals surface area contributed by atoms with E-state index in [0.29, 0.717) is 47.7 Å². The Bertz CT molecular complexity index is 1180. The number of epoxide rings is 2. The van der Waals surface area contributed by atoms with Crippen LogP contribution < -0.4 is 0 Å². The number of aliphatic hydroxyl groups is 2. The molecule has 8 aliphatic rings. The number of benzene rings is 2. The molecule has 2 aromatic rings. The molecule has 0 spiro atoms. The predicted molar refractivity (Wildman–Crippen MR) is 144 cm³/mol. The first-order valence-corrected chi connectivity index (χ1v) is 15.5. The quantitative estimate of drug-likeness (QED) is 0.405. The normalized spacial score (nSPS) is 49.8. The van der Waals surface area contributed by atoms with Gasteiger partial charge in [-0.1, -0.05) is 61.4 Å². The lowest BCUT2D eigenvalue weighted by atomic mass is 9.58. The van der Waals surface area contributed by atoms with Gasteiger partial charge in [0.2, 0.25) is 0 Å². The van der Waals surface area contributed by atoms with Crippen LogP contribution >= 0.6 is 0 Å². The van der Waals surface area contributed by atoms with Gasteiger partial charge in [0.25, 0.3) is 0 Å². The van der Waals surface area contributed by atoms with E-state index in [0.717, 1.165) is 12.8 Å². The first-order chi connectivity index (χ1) is 18.6. The molecule has 0 radical (unpaired) electrons. The van der Waals surface area contributed by atoms with Gasteiger partial charge < -0.3 is 19.7 Å². The summed E-state index contributed by atoms with van der Waals surface area (Å²) in [6.45, 7) is 0. The van der Waals surface area contributed by atoms with Crippen LogP contribution in [-0.2, 0) is 9.47 Å². The van der Waals surface area contributed by atoms with Crippen molar-refractivity contribution in [1.29, 1.82) is 0 Å². The summed E-state index contributed by atoms with van der Waals surface area (Å²) in [4.78, 5) is 0. The molecule has 4 nitrogen and oxygen atoms in total. The lowest BCUT2D eigenvalue weighted by Gasteiger charge is -2.48. The number of ether oxygens (including phenoxy) is 2. The monoisotopic (exact) mass is 512 g/mol. The Morgan fingerprint density at radius 3 is 1.42 bits per heavy atom. The van der Waals surface area contributed by atoms with Crippen molar-refractivity contribution in [3.05, 3.63) is 70.8 Å². The molecule has 0 aromatic heterocycles. The Balaban J connectivity index is 0.000000111. The standard InChI is InChI=1S/2C17H20O2/c2*18-17-9-3-4-10(17)7-8-12-11-5-1-2-6-13(11)15-16(19-15)14(12)17/h2*1-2,5-6,10,12,14-16,18H,3-4,7-9H2/t2*10-,12-,14-,15-,16+,17+/m00/s1. The molecule has 10 rings (SSSR count). The molecular formula is C34H40O4. The van der Waals surface area contributed by atoms with E-state index >= 15 is 0 Å². The van der Waals surface area contributed by atoms with Crippen molar-refractivity contribution in [2.75, 3.05) is 0 Å². The number of fused-ring (bicyclic) bond motifs is 16. The zero-order valence-corrected chi connectivity index (χ0v) is 22.2. The third-order valence-electron chi connectivity index (χ3n) is 12.5. The van der Waals surface area contributed by atoms with Crippen LogP contribution in [0.15, 0.2) is 48.5 Å². The predicted octanol–water partition coefficient (Wildman–Crippen LogP) is 6.33. The van der Waals surface area contributed by atoms with E-state index in [1.807, 2.05) is 0 Å². The van der Waals surface area contributed by atoms with Crippen molar-refractivity contribution >= 4 is 0 Å². The van der Waals surface area contributed by atoms with E-state index in [1.165, 1.54) is 73.6 Å². The van der Waals surface area contributed by atoms with Crippen molar-refractivity contribution < 1.29 is 19.7 Å². The second-order valence-corrected chi connectivity index (χ2v) is 13.9. The number of hydrogen-bond donors (Lipinski definition) is 2. The topological polar surface area (TPSA) is 65.5 Å². The van der Waals surface area contributed by atoms with Crippen molar-refractivity contribution in [3.8, 4) is 0 Å². The Kier molecular flexibility index (Phi) is 4.81. The molecule has 4 saturated carbocycles. The molecule has 0 bridgehead atoms. The molecule has 6 aliphatic carbocycles. The second kappa shape index (κ2) is 7.94. The van der Waals surface area contributed by atoms with Gasteiger partial charge in [-0.25, -0.2) is 0 Å². The minimum atomic E-state index is -0.435. The average Bonchev–Trinajstić information content (AvgIpc) is 3.84. The van der Waals surface area contributed by atoms with Crippen molar-refractivity contribution in [2.45, 2.75) is 112 Å². The lowest BCUT2D eigenvalue weighted by Crippen LogP contribution is -2.51. The summed E-state index contributed by atoms with van der Waals surface area (Å²) in [6, 6.07) is 17.5. The van der Waals surface area contributed by atoms with Crippen molar-refractivity contribution in [2.24, 2.45) is 23.7 Å². The molecule has 12 atom stereocenters. The average molecular weight is 513 g/mol. The van der Waals surface area contributed by atoms with Gasteiger partial charge >= 0.3 is 0 Å². The SMILES string of the molecule is O[C@]12CCC[C@H]1CC[C@H]1c3ccccc3[C@@H]3O[C@@H]3[C@H]12.O[C@]12CCC[C@H]1CC[C@H]1c3ccccc3[C@@H]3O[C@@H]3[C@H]12. The first-order valence-electron chi connectivity index (χ1n) is 15.5. The zero-order valence-electron chi connectivity index (χ0n) is 22.2. The smallest absolute Gasteiger partial charge is 0.110 e. The minimum Gasteiger partial charge on any atom is -0.389 e. The highest BCUT2D eigenvalue weighted by Crippen LogP contribution is 2.66. The van der Waals surface area contributed by atoms with Crippen LogP contribution in [0.2, 0.25) is 0 Å². The third kappa shape index (κ3) is 3.01. The van der Waals surface area contributed by atoms with Gasteiger partial charge in [0.1, 0.15) is 12.2 Å². The van der Waals surface area contributed by atoms with Crippen LogP contribution in [-0.4, -0.2) is 33.6 Å². The molecule has 38 heavy (non-hydrogen) atoms. The van der Waals surface area contributed by atoms with Gasteiger partial charge in [0.15, 0.2) is 0 Å². The van der Waals surface area contributed by atoms with E-state index in [-0.39, 0.29) is 12.2 Å². The van der Waals surface area contributed by atoms with Gasteiger partial charge in [0.05, 0.1) is 23.4 Å². The highest BCUT2D eigenvalue weighted by molar-refractivity contribution is 5.43. The third-order valence-corrected chi connectivity index (χ3v) is 12.5. The molecule has 2 aliphatic heterocycles. The van der Waals surface area contributed by atoms with E-state index in [9.17, 15) is 10.2 Å². The maximum absolute atomic E-state index is 11.2. The van der Waals surface area contributed by atoms with Gasteiger partial charge in [-0.05, 0) is 97.3 Å². The lowest BCUT2D eigenvalue weighted by molar-refractivity contribution is -0.0949. The number of hydrogen-bond acceptors (Lipinski definition) is 4. The number of rotatable bonds is 0. The van der Waals surface area contributed by atoms with Crippen LogP contribution in [0.5, 0.6) is 0 Å². The fourth-order valence-electron chi connectivity index (χ4n) is 10.9. The van der Waals surface area contributed by atoms with Crippen molar-refractivity contribution in [3.63, 3.8) is 0 Å². The molecule has 2 heterocycles. The molecule has 0 amide bonds. The van der Waals surface area contributed by atoms with E-state index in [2.05, 4.69) is 48.5 Å². The summed E-state index contributed by atoms with van der Waals surface area (Å²) in [5, 5.41) is 22.5. The molecule has 2 aromatic carbocycles. The summed E-state index contributed by atoms with van der Waals surface area (Å²) >= 11 is 0. The summed E-state index contributed by atoms with van der Waals surface area (Å²) in [6.07, 6.45) is 12.8. The van der Waals surface area contributed by atoms with E-state index in [4.69, 9.17) is 9.47 Å². The Morgan fingerprint density at radius 2 is 0.974 bits per heavy atom. The van der Waals surface area contributed by atoms with Gasteiger partial charge in [-0.2, -0.15) is 0 Å². The summed E-state index contributed by atoms with van der Waals surface area (Å²) in [5.74, 6) is 2.83. The highest BCUT2D eigenvalue weighted by atomic mass is 16.6. The molecule has 4 heteroatoms. The van der Waals surface area contributed by atoms with E-state index < -0.39 is 11.2 Å². The molecule has 0 unspecified atom stereocenters. The van der Waals surface area contributed by atoms with Gasteiger partial charge in [0, 0.05) is 11.8 Å².